The average Bonchev–Trinajstić information content (AvgIpc) is 3.74. The minimum atomic E-state index is -1.33. The molecule has 0 amide bonds. The van der Waals surface area contributed by atoms with E-state index in [9.17, 15) is 8.78 Å². The Bertz CT molecular complexity index is 3140. The van der Waals surface area contributed by atoms with Gasteiger partial charge in [-0.05, 0) is 131 Å². The minimum Gasteiger partial charge on any atom is -0.455 e. The van der Waals surface area contributed by atoms with Crippen LogP contribution < -0.4 is 5.19 Å². The summed E-state index contributed by atoms with van der Waals surface area (Å²) in [5.74, 6) is 1.19. The van der Waals surface area contributed by atoms with Crippen molar-refractivity contribution >= 4 is 35.2 Å². The molecule has 9 aromatic rings. The first kappa shape index (κ1) is 52.9. The van der Waals surface area contributed by atoms with Crippen LogP contribution in [0.1, 0.15) is 76.5 Å². The number of hydrogen-bond donors (Lipinski definition) is 0. The maximum atomic E-state index is 14.3. The van der Waals surface area contributed by atoms with Crippen molar-refractivity contribution in [3.05, 3.63) is 193 Å². The summed E-state index contributed by atoms with van der Waals surface area (Å²) in [5, 5.41) is 3.43. The topological polar surface area (TPSA) is 51.8 Å². The van der Waals surface area contributed by atoms with Crippen molar-refractivity contribution in [2.45, 2.75) is 98.7 Å². The van der Waals surface area contributed by atoms with Crippen LogP contribution in [0.5, 0.6) is 0 Å². The van der Waals surface area contributed by atoms with Gasteiger partial charge < -0.3 is 4.42 Å². The maximum absolute atomic E-state index is 14.3. The minimum absolute atomic E-state index is 0. The van der Waals surface area contributed by atoms with Gasteiger partial charge in [0.05, 0.1) is 25.2 Å². The van der Waals surface area contributed by atoms with Gasteiger partial charge in [-0.2, -0.15) is 0 Å². The first-order chi connectivity index (χ1) is 33.8. The predicted octanol–water partition coefficient (Wildman–Crippen LogP) is 17.2. The number of nitrogens with zero attached hydrogens (tertiary/aromatic N) is 3. The first-order valence-electron chi connectivity index (χ1n) is 25.2. The number of para-hydroxylation sites is 1. The fourth-order valence-electron chi connectivity index (χ4n) is 9.75. The van der Waals surface area contributed by atoms with Crippen molar-refractivity contribution in [2.24, 2.45) is 17.8 Å². The van der Waals surface area contributed by atoms with Crippen molar-refractivity contribution in [1.29, 1.82) is 0 Å². The van der Waals surface area contributed by atoms with Gasteiger partial charge >= 0.3 is 0 Å². The fraction of sp³-hybridized carbons (Fsp3) is 0.286. The molecule has 1 fully saturated rings. The average molecular weight is 1140 g/mol. The zero-order valence-corrected chi connectivity index (χ0v) is 45.7. The van der Waals surface area contributed by atoms with Gasteiger partial charge in [0.1, 0.15) is 22.8 Å². The number of halogens is 2. The Labute approximate surface area is 434 Å². The summed E-state index contributed by atoms with van der Waals surface area (Å²) in [4.78, 5) is 13.8. The molecule has 4 aromatic heterocycles. The van der Waals surface area contributed by atoms with E-state index in [4.69, 9.17) is 9.40 Å². The molecule has 0 bridgehead atoms. The van der Waals surface area contributed by atoms with Crippen LogP contribution >= 0.6 is 0 Å². The van der Waals surface area contributed by atoms with Gasteiger partial charge in [-0.25, -0.2) is 8.78 Å². The monoisotopic (exact) mass is 1140 g/mol. The Kier molecular flexibility index (Phi) is 18.2. The molecule has 0 spiro atoms. The van der Waals surface area contributed by atoms with E-state index in [2.05, 4.69) is 136 Å². The zero-order chi connectivity index (χ0) is 49.2. The Morgan fingerprint density at radius 1 is 0.563 bits per heavy atom. The van der Waals surface area contributed by atoms with Crippen molar-refractivity contribution in [2.75, 3.05) is 0 Å². The molecule has 71 heavy (non-hydrogen) atoms. The number of rotatable bonds is 11. The number of furan rings is 1. The van der Waals surface area contributed by atoms with E-state index >= 15 is 0 Å². The number of hydrogen-bond acceptors (Lipinski definition) is 4. The standard InChI is InChI=1S/C30H25F2NO.C18H25NSi.C15H17N.Ir/c31-22-10-12-27(32)26(18-22)21-9-11-23-24-7-4-8-25(30(24)34-29(23)17-21)28-16-20(13-14-33-28)15-19-5-2-1-3-6-19;1-14(2)11-16-12-17(15-9-7-6-8-10-15)19-13-18(16)20(3,4)5;1-12(2)10-13-8-9-16-15(11-13)14-6-4-3-5-7-14;/h4,7-14,16-19H,1-3,5-6,15H2;6-10,12-14H,11H2,1-5H3;3-9,11-12H,10H2,1-2H3;. The van der Waals surface area contributed by atoms with Gasteiger partial charge in [-0.15, -0.1) is 0 Å². The second-order valence-corrected chi connectivity index (χ2v) is 25.9. The van der Waals surface area contributed by atoms with Crippen LogP contribution in [0.15, 0.2) is 169 Å². The summed E-state index contributed by atoms with van der Waals surface area (Å²) in [6.07, 6.45) is 15.9. The Balaban J connectivity index is 0.000000171. The van der Waals surface area contributed by atoms with Gasteiger partial charge in [-0.1, -0.05) is 158 Å². The van der Waals surface area contributed by atoms with Crippen LogP contribution in [-0.4, -0.2) is 23.0 Å². The van der Waals surface area contributed by atoms with E-state index in [0.717, 1.165) is 76.3 Å². The quantitative estimate of drug-likeness (QED) is 0.121. The molecule has 4 heterocycles. The molecule has 1 aliphatic carbocycles. The molecule has 4 nitrogen and oxygen atoms in total. The van der Waals surface area contributed by atoms with Crippen LogP contribution in [0.2, 0.25) is 19.6 Å². The first-order valence-corrected chi connectivity index (χ1v) is 28.7. The Morgan fingerprint density at radius 2 is 1.20 bits per heavy atom. The number of fused-ring (bicyclic) bond motifs is 3. The van der Waals surface area contributed by atoms with E-state index in [-0.39, 0.29) is 25.7 Å². The van der Waals surface area contributed by atoms with Crippen molar-refractivity contribution in [3.8, 4) is 44.9 Å². The molecular formula is C63H67F2IrN3OSi. The van der Waals surface area contributed by atoms with E-state index in [0.29, 0.717) is 23.0 Å². The van der Waals surface area contributed by atoms with Gasteiger partial charge in [0.2, 0.25) is 0 Å². The maximum Gasteiger partial charge on any atom is 0.144 e. The summed E-state index contributed by atoms with van der Waals surface area (Å²) in [7, 11) is -1.33. The van der Waals surface area contributed by atoms with Gasteiger partial charge in [-0.3, -0.25) is 15.0 Å². The Morgan fingerprint density at radius 3 is 1.86 bits per heavy atom. The van der Waals surface area contributed by atoms with Crippen LogP contribution in [0.4, 0.5) is 8.78 Å². The van der Waals surface area contributed by atoms with Crippen LogP contribution in [-0.2, 0) is 39.4 Å². The molecule has 8 heteroatoms. The van der Waals surface area contributed by atoms with Crippen molar-refractivity contribution in [3.63, 3.8) is 0 Å². The Hall–Kier alpha value is -5.92. The van der Waals surface area contributed by atoms with Gasteiger partial charge in [0.25, 0.3) is 0 Å². The molecule has 0 atom stereocenters. The molecule has 0 unspecified atom stereocenters. The molecule has 1 radical (unpaired) electrons. The summed E-state index contributed by atoms with van der Waals surface area (Å²) in [6.45, 7) is 16.3. The largest absolute Gasteiger partial charge is 0.455 e. The number of pyridine rings is 3. The second-order valence-electron chi connectivity index (χ2n) is 20.8. The second kappa shape index (κ2) is 24.5. The molecule has 0 N–H and O–H groups in total. The molecule has 1 saturated carbocycles. The van der Waals surface area contributed by atoms with Gasteiger partial charge in [0.15, 0.2) is 0 Å². The fourth-order valence-corrected chi connectivity index (χ4v) is 11.3. The van der Waals surface area contributed by atoms with Crippen molar-refractivity contribution < 1.29 is 33.3 Å². The SMILES string of the molecule is CC(C)Cc1cc(-c2ccccc2)ncc1[Si](C)(C)C.CC(C)Cc1ccnc(-c2ccccc2)c1.Fc1ccc(F)c(-c2ccc3c(c2)oc2c(-c4cc(CC5CCCCC5)ccn4)cccc23)c1.[Ir]. The normalized spacial score (nSPS) is 12.8. The zero-order valence-electron chi connectivity index (χ0n) is 42.3. The summed E-state index contributed by atoms with van der Waals surface area (Å²) in [5.41, 5.74) is 12.8. The molecule has 10 rings (SSSR count). The molecule has 5 aromatic carbocycles. The predicted molar refractivity (Wildman–Crippen MR) is 292 cm³/mol. The van der Waals surface area contributed by atoms with Gasteiger partial charge in [0, 0.05) is 71.7 Å². The number of benzene rings is 5. The third-order valence-electron chi connectivity index (χ3n) is 13.1. The van der Waals surface area contributed by atoms with E-state index < -0.39 is 19.7 Å². The van der Waals surface area contributed by atoms with E-state index in [1.807, 2.05) is 60.9 Å². The molecular weight excluding hydrogens is 1070 g/mol. The van der Waals surface area contributed by atoms with E-state index in [1.54, 1.807) is 6.07 Å². The van der Waals surface area contributed by atoms with Crippen molar-refractivity contribution in [1.82, 2.24) is 15.0 Å². The third kappa shape index (κ3) is 13.9. The summed E-state index contributed by atoms with van der Waals surface area (Å²) < 4.78 is 34.4. The summed E-state index contributed by atoms with van der Waals surface area (Å²) >= 11 is 0. The molecule has 0 saturated heterocycles. The van der Waals surface area contributed by atoms with Crippen LogP contribution in [0, 0.1) is 29.4 Å². The smallest absolute Gasteiger partial charge is 0.144 e. The number of aromatic nitrogens is 3. The molecule has 367 valence electrons. The van der Waals surface area contributed by atoms with Crippen LogP contribution in [0.25, 0.3) is 66.8 Å². The van der Waals surface area contributed by atoms with E-state index in [1.165, 1.54) is 71.2 Å². The summed E-state index contributed by atoms with van der Waals surface area (Å²) in [6, 6.07) is 46.8. The van der Waals surface area contributed by atoms with Crippen LogP contribution in [0.3, 0.4) is 0 Å². The molecule has 1 aliphatic rings. The molecule has 0 aliphatic heterocycles. The third-order valence-corrected chi connectivity index (χ3v) is 15.2.